The summed E-state index contributed by atoms with van der Waals surface area (Å²) in [5.74, 6) is 0.727. The molecule has 2 N–H and O–H groups in total. The monoisotopic (exact) mass is 308 g/mol. The third-order valence-electron chi connectivity index (χ3n) is 3.83. The van der Waals surface area contributed by atoms with Crippen LogP contribution < -0.4 is 9.64 Å². The molecule has 2 rings (SSSR count). The zero-order valence-electron chi connectivity index (χ0n) is 13.3. The predicted octanol–water partition coefficient (Wildman–Crippen LogP) is 0.476. The Bertz CT molecular complexity index is 515. The largest absolute Gasteiger partial charge is 0.497 e. The van der Waals surface area contributed by atoms with Gasteiger partial charge in [-0.15, -0.1) is 0 Å². The Hall–Kier alpha value is -1.63. The Morgan fingerprint density at radius 3 is 2.45 bits per heavy atom. The molecule has 1 amide bonds. The lowest BCUT2D eigenvalue weighted by molar-refractivity contribution is -0.124. The number of β-amino-alcohol motifs (C(OH)–C–C–N with tert-alkyl or cyclic N) is 1. The lowest BCUT2D eigenvalue weighted by Crippen LogP contribution is -2.63. The van der Waals surface area contributed by atoms with E-state index in [1.54, 1.807) is 12.0 Å². The highest BCUT2D eigenvalue weighted by atomic mass is 16.5. The predicted molar refractivity (Wildman–Crippen MR) is 84.1 cm³/mol. The number of hydrogen-bond acceptors (Lipinski definition) is 5. The van der Waals surface area contributed by atoms with Gasteiger partial charge in [-0.1, -0.05) is 0 Å². The van der Waals surface area contributed by atoms with Crippen LogP contribution in [0.5, 0.6) is 5.75 Å². The van der Waals surface area contributed by atoms with E-state index in [1.165, 1.54) is 0 Å². The van der Waals surface area contributed by atoms with Gasteiger partial charge in [0.05, 0.1) is 31.9 Å². The molecular formula is C16H24N2O4. The van der Waals surface area contributed by atoms with Crippen LogP contribution in [0, 0.1) is 0 Å². The van der Waals surface area contributed by atoms with Crippen molar-refractivity contribution in [3.63, 3.8) is 0 Å². The first-order valence-corrected chi connectivity index (χ1v) is 7.36. The van der Waals surface area contributed by atoms with Crippen LogP contribution >= 0.6 is 0 Å². The van der Waals surface area contributed by atoms with Crippen molar-refractivity contribution < 1.29 is 19.7 Å². The highest BCUT2D eigenvalue weighted by Crippen LogP contribution is 2.30. The molecule has 6 nitrogen and oxygen atoms in total. The van der Waals surface area contributed by atoms with E-state index >= 15 is 0 Å². The molecule has 0 bridgehead atoms. The fourth-order valence-electron chi connectivity index (χ4n) is 2.98. The molecule has 1 unspecified atom stereocenters. The number of ether oxygens (including phenoxy) is 1. The molecule has 1 aromatic carbocycles. The Kier molecular flexibility index (Phi) is 5.05. The maximum absolute atomic E-state index is 12.6. The summed E-state index contributed by atoms with van der Waals surface area (Å²) >= 11 is 0. The van der Waals surface area contributed by atoms with Gasteiger partial charge in [-0.3, -0.25) is 9.69 Å². The van der Waals surface area contributed by atoms with Gasteiger partial charge in [0.15, 0.2) is 0 Å². The molecule has 22 heavy (non-hydrogen) atoms. The fraction of sp³-hybridized carbons (Fsp3) is 0.562. The molecule has 1 aliphatic rings. The van der Waals surface area contributed by atoms with Crippen LogP contribution in [0.3, 0.4) is 0 Å². The number of rotatable bonds is 5. The fourth-order valence-corrected chi connectivity index (χ4v) is 2.98. The number of carbonyl (C=O) groups is 1. The maximum Gasteiger partial charge on any atom is 0.241 e. The lowest BCUT2D eigenvalue weighted by Gasteiger charge is -2.47. The average Bonchev–Trinajstić information content (AvgIpc) is 2.46. The molecule has 1 saturated heterocycles. The van der Waals surface area contributed by atoms with Crippen LogP contribution in [-0.4, -0.2) is 66.0 Å². The molecule has 1 aromatic rings. The Morgan fingerprint density at radius 2 is 1.95 bits per heavy atom. The summed E-state index contributed by atoms with van der Waals surface area (Å²) in [6.45, 7) is 4.84. The molecule has 6 heteroatoms. The van der Waals surface area contributed by atoms with Crippen LogP contribution in [0.2, 0.25) is 0 Å². The van der Waals surface area contributed by atoms with Gasteiger partial charge >= 0.3 is 0 Å². The summed E-state index contributed by atoms with van der Waals surface area (Å²) in [5.41, 5.74) is 0.428. The van der Waals surface area contributed by atoms with Crippen molar-refractivity contribution in [2.45, 2.75) is 25.5 Å². The molecule has 122 valence electrons. The number of carbonyl (C=O) groups excluding carboxylic acids is 1. The number of piperazine rings is 1. The minimum absolute atomic E-state index is 0.0217. The first-order chi connectivity index (χ1) is 10.4. The standard InChI is InChI=1S/C16H24N2O4/c1-16(2)11-17(8-13(20)10-19)9-15(21)18(16)12-4-6-14(22-3)7-5-12/h4-7,13,19-20H,8-11H2,1-3H3. The molecular weight excluding hydrogens is 284 g/mol. The second kappa shape index (κ2) is 6.64. The Balaban J connectivity index is 2.17. The normalized spacial score (nSPS) is 20.0. The third-order valence-corrected chi connectivity index (χ3v) is 3.83. The Morgan fingerprint density at radius 1 is 1.32 bits per heavy atom. The summed E-state index contributed by atoms with van der Waals surface area (Å²) in [6.07, 6.45) is -0.823. The van der Waals surface area contributed by atoms with E-state index in [-0.39, 0.29) is 19.1 Å². The number of hydrogen-bond donors (Lipinski definition) is 2. The topological polar surface area (TPSA) is 73.2 Å². The number of aliphatic hydroxyl groups is 2. The SMILES string of the molecule is COc1ccc(N2C(=O)CN(CC(O)CO)CC2(C)C)cc1. The first-order valence-electron chi connectivity index (χ1n) is 7.36. The molecule has 0 aromatic heterocycles. The molecule has 0 spiro atoms. The second-order valence-corrected chi connectivity index (χ2v) is 6.25. The van der Waals surface area contributed by atoms with E-state index in [4.69, 9.17) is 9.84 Å². The molecule has 0 radical (unpaired) electrons. The van der Waals surface area contributed by atoms with Crippen molar-refractivity contribution in [1.82, 2.24) is 4.90 Å². The maximum atomic E-state index is 12.6. The van der Waals surface area contributed by atoms with Crippen LogP contribution in [0.1, 0.15) is 13.8 Å². The van der Waals surface area contributed by atoms with Gasteiger partial charge in [-0.25, -0.2) is 0 Å². The minimum Gasteiger partial charge on any atom is -0.497 e. The van der Waals surface area contributed by atoms with E-state index in [2.05, 4.69) is 0 Å². The van der Waals surface area contributed by atoms with Gasteiger partial charge in [-0.05, 0) is 38.1 Å². The van der Waals surface area contributed by atoms with Gasteiger partial charge in [0.25, 0.3) is 0 Å². The highest BCUT2D eigenvalue weighted by Gasteiger charge is 2.39. The smallest absolute Gasteiger partial charge is 0.241 e. The molecule has 1 atom stereocenters. The third kappa shape index (κ3) is 3.58. The molecule has 1 heterocycles. The van der Waals surface area contributed by atoms with Gasteiger partial charge in [0.2, 0.25) is 5.91 Å². The van der Waals surface area contributed by atoms with Crippen LogP contribution in [-0.2, 0) is 4.79 Å². The van der Waals surface area contributed by atoms with Crippen molar-refractivity contribution in [1.29, 1.82) is 0 Å². The minimum atomic E-state index is -0.823. The highest BCUT2D eigenvalue weighted by molar-refractivity contribution is 5.97. The van der Waals surface area contributed by atoms with Crippen molar-refractivity contribution in [3.8, 4) is 5.75 Å². The van der Waals surface area contributed by atoms with Crippen LogP contribution in [0.25, 0.3) is 0 Å². The van der Waals surface area contributed by atoms with Gasteiger partial charge in [-0.2, -0.15) is 0 Å². The number of methoxy groups -OCH3 is 1. The van der Waals surface area contributed by atoms with Gasteiger partial charge in [0, 0.05) is 18.8 Å². The number of nitrogens with zero attached hydrogens (tertiary/aromatic N) is 2. The average molecular weight is 308 g/mol. The summed E-state index contributed by atoms with van der Waals surface area (Å²) in [5, 5.41) is 18.5. The summed E-state index contributed by atoms with van der Waals surface area (Å²) in [7, 11) is 1.61. The van der Waals surface area contributed by atoms with Crippen molar-refractivity contribution in [2.75, 3.05) is 38.3 Å². The first kappa shape index (κ1) is 16.7. The Labute approximate surface area is 130 Å². The van der Waals surface area contributed by atoms with E-state index in [0.717, 1.165) is 11.4 Å². The van der Waals surface area contributed by atoms with Crippen molar-refractivity contribution >= 4 is 11.6 Å². The van der Waals surface area contributed by atoms with Crippen LogP contribution in [0.4, 0.5) is 5.69 Å². The van der Waals surface area contributed by atoms with E-state index in [0.29, 0.717) is 13.1 Å². The summed E-state index contributed by atoms with van der Waals surface area (Å²) < 4.78 is 5.15. The van der Waals surface area contributed by atoms with Gasteiger partial charge < -0.3 is 19.8 Å². The zero-order valence-corrected chi connectivity index (χ0v) is 13.3. The number of benzene rings is 1. The number of anilines is 1. The molecule has 0 aliphatic carbocycles. The summed E-state index contributed by atoms with van der Waals surface area (Å²) in [6, 6.07) is 7.41. The number of amides is 1. The molecule has 1 fully saturated rings. The molecule has 1 aliphatic heterocycles. The second-order valence-electron chi connectivity index (χ2n) is 6.25. The quantitative estimate of drug-likeness (QED) is 0.827. The molecule has 0 saturated carbocycles. The van der Waals surface area contributed by atoms with Crippen molar-refractivity contribution in [2.24, 2.45) is 0 Å². The van der Waals surface area contributed by atoms with E-state index in [1.807, 2.05) is 43.0 Å². The zero-order chi connectivity index (χ0) is 16.3. The van der Waals surface area contributed by atoms with E-state index in [9.17, 15) is 9.90 Å². The lowest BCUT2D eigenvalue weighted by atomic mass is 9.97. The van der Waals surface area contributed by atoms with Gasteiger partial charge in [0.1, 0.15) is 5.75 Å². The van der Waals surface area contributed by atoms with Crippen LogP contribution in [0.15, 0.2) is 24.3 Å². The number of aliphatic hydroxyl groups excluding tert-OH is 2. The van der Waals surface area contributed by atoms with Crippen molar-refractivity contribution in [3.05, 3.63) is 24.3 Å². The summed E-state index contributed by atoms with van der Waals surface area (Å²) in [4.78, 5) is 16.2. The van der Waals surface area contributed by atoms with E-state index < -0.39 is 11.6 Å².